The summed E-state index contributed by atoms with van der Waals surface area (Å²) in [4.78, 5) is 13.1. The lowest BCUT2D eigenvalue weighted by atomic mass is 9.63. The maximum absolute atomic E-state index is 14.4. The molecule has 2 saturated heterocycles. The van der Waals surface area contributed by atoms with E-state index < -0.39 is 24.6 Å². The number of amides is 1. The van der Waals surface area contributed by atoms with Crippen molar-refractivity contribution in [3.05, 3.63) is 12.7 Å². The van der Waals surface area contributed by atoms with Crippen LogP contribution < -0.4 is 16.0 Å². The Balaban J connectivity index is 1.45. The molecule has 11 atom stereocenters. The van der Waals surface area contributed by atoms with E-state index in [1.54, 1.807) is 0 Å². The molecule has 4 fully saturated rings. The SMILES string of the molecule is C=CCC1CCC2NC(C3CNC4C(F)C(F)C(F)CC34)CCC2C1C(=O)NC(C)C. The zero-order valence-corrected chi connectivity index (χ0v) is 18.7. The van der Waals surface area contributed by atoms with Gasteiger partial charge in [0.1, 0.15) is 12.3 Å². The number of fused-ring (bicyclic) bond motifs is 2. The fraction of sp³-hybridized carbons (Fsp3) is 0.875. The zero-order valence-electron chi connectivity index (χ0n) is 18.7. The third kappa shape index (κ3) is 4.41. The first-order chi connectivity index (χ1) is 14.8. The molecule has 0 aromatic rings. The number of halogens is 3. The van der Waals surface area contributed by atoms with Crippen molar-refractivity contribution < 1.29 is 18.0 Å². The number of hydrogen-bond donors (Lipinski definition) is 3. The van der Waals surface area contributed by atoms with Gasteiger partial charge in [0.05, 0.1) is 0 Å². The van der Waals surface area contributed by atoms with E-state index in [0.717, 1.165) is 32.1 Å². The van der Waals surface area contributed by atoms with Crippen LogP contribution in [0.5, 0.6) is 0 Å². The Morgan fingerprint density at radius 2 is 1.77 bits per heavy atom. The second-order valence-corrected chi connectivity index (χ2v) is 10.6. The summed E-state index contributed by atoms with van der Waals surface area (Å²) in [6, 6.07) is -0.0823. The lowest BCUT2D eigenvalue weighted by molar-refractivity contribution is -0.132. The molecule has 0 aromatic carbocycles. The molecule has 2 heterocycles. The molecule has 176 valence electrons. The second-order valence-electron chi connectivity index (χ2n) is 10.6. The fourth-order valence-corrected chi connectivity index (χ4v) is 7.05. The minimum Gasteiger partial charge on any atom is -0.354 e. The van der Waals surface area contributed by atoms with Gasteiger partial charge in [-0.25, -0.2) is 13.2 Å². The van der Waals surface area contributed by atoms with E-state index in [-0.39, 0.29) is 54.1 Å². The average molecular weight is 442 g/mol. The minimum atomic E-state index is -2.02. The largest absolute Gasteiger partial charge is 0.354 e. The zero-order chi connectivity index (χ0) is 22.3. The van der Waals surface area contributed by atoms with Crippen LogP contribution in [0.2, 0.25) is 0 Å². The molecule has 7 heteroatoms. The summed E-state index contributed by atoms with van der Waals surface area (Å²) in [5, 5.41) is 10.1. The molecule has 2 aliphatic carbocycles. The highest BCUT2D eigenvalue weighted by molar-refractivity contribution is 5.79. The lowest BCUT2D eigenvalue weighted by Crippen LogP contribution is -2.59. The van der Waals surface area contributed by atoms with Gasteiger partial charge in [-0.05, 0) is 76.0 Å². The first kappa shape index (κ1) is 23.1. The maximum atomic E-state index is 14.4. The molecule has 2 aliphatic heterocycles. The summed E-state index contributed by atoms with van der Waals surface area (Å²) in [6.07, 6.45) is 1.16. The van der Waals surface area contributed by atoms with E-state index in [4.69, 9.17) is 0 Å². The first-order valence-corrected chi connectivity index (χ1v) is 12.1. The summed E-state index contributed by atoms with van der Waals surface area (Å²) in [5.74, 6) is 0.610. The third-order valence-corrected chi connectivity index (χ3v) is 8.38. The molecule has 4 rings (SSSR count). The van der Waals surface area contributed by atoms with Crippen molar-refractivity contribution in [2.24, 2.45) is 29.6 Å². The molecule has 0 radical (unpaired) electrons. The van der Waals surface area contributed by atoms with Crippen LogP contribution in [0.1, 0.15) is 52.4 Å². The van der Waals surface area contributed by atoms with Crippen molar-refractivity contribution >= 4 is 5.91 Å². The van der Waals surface area contributed by atoms with Crippen molar-refractivity contribution in [3.8, 4) is 0 Å². The monoisotopic (exact) mass is 441 g/mol. The van der Waals surface area contributed by atoms with Crippen LogP contribution in [-0.2, 0) is 4.79 Å². The summed E-state index contributed by atoms with van der Waals surface area (Å²) in [6.45, 7) is 8.47. The van der Waals surface area contributed by atoms with E-state index in [0.29, 0.717) is 12.5 Å². The fourth-order valence-electron chi connectivity index (χ4n) is 7.05. The van der Waals surface area contributed by atoms with Gasteiger partial charge in [-0.1, -0.05) is 6.08 Å². The van der Waals surface area contributed by atoms with Gasteiger partial charge >= 0.3 is 0 Å². The van der Waals surface area contributed by atoms with Crippen LogP contribution >= 0.6 is 0 Å². The number of carbonyl (C=O) groups is 1. The van der Waals surface area contributed by atoms with Crippen LogP contribution in [0.4, 0.5) is 13.2 Å². The van der Waals surface area contributed by atoms with Crippen molar-refractivity contribution in [1.29, 1.82) is 0 Å². The van der Waals surface area contributed by atoms with Gasteiger partial charge < -0.3 is 16.0 Å². The van der Waals surface area contributed by atoms with Crippen molar-refractivity contribution in [2.75, 3.05) is 6.54 Å². The second kappa shape index (κ2) is 9.42. The predicted molar refractivity (Wildman–Crippen MR) is 116 cm³/mol. The number of allylic oxidation sites excluding steroid dienone is 1. The van der Waals surface area contributed by atoms with Crippen molar-refractivity contribution in [3.63, 3.8) is 0 Å². The average Bonchev–Trinajstić information content (AvgIpc) is 3.15. The van der Waals surface area contributed by atoms with E-state index in [1.807, 2.05) is 19.9 Å². The van der Waals surface area contributed by atoms with Crippen LogP contribution in [0.15, 0.2) is 12.7 Å². The Morgan fingerprint density at radius 1 is 1.06 bits per heavy atom. The normalized spacial score (nSPS) is 47.5. The first-order valence-electron chi connectivity index (χ1n) is 12.1. The highest BCUT2D eigenvalue weighted by Crippen LogP contribution is 2.46. The van der Waals surface area contributed by atoms with Gasteiger partial charge in [0.25, 0.3) is 0 Å². The maximum Gasteiger partial charge on any atom is 0.223 e. The molecule has 1 amide bonds. The summed E-state index contributed by atoms with van der Waals surface area (Å²) >= 11 is 0. The summed E-state index contributed by atoms with van der Waals surface area (Å²) < 4.78 is 42.4. The van der Waals surface area contributed by atoms with Crippen LogP contribution in [0.3, 0.4) is 0 Å². The number of carbonyl (C=O) groups excluding carboxylic acids is 1. The van der Waals surface area contributed by atoms with Crippen LogP contribution in [0, 0.1) is 29.6 Å². The minimum absolute atomic E-state index is 0.0329. The Morgan fingerprint density at radius 3 is 2.48 bits per heavy atom. The molecule has 4 nitrogen and oxygen atoms in total. The Hall–Kier alpha value is -1.08. The van der Waals surface area contributed by atoms with Crippen LogP contribution in [0.25, 0.3) is 0 Å². The molecule has 0 bridgehead atoms. The van der Waals surface area contributed by atoms with Crippen molar-refractivity contribution in [2.45, 2.75) is 95.1 Å². The van der Waals surface area contributed by atoms with Crippen molar-refractivity contribution in [1.82, 2.24) is 16.0 Å². The van der Waals surface area contributed by atoms with E-state index >= 15 is 0 Å². The van der Waals surface area contributed by atoms with E-state index in [1.165, 1.54) is 0 Å². The molecule has 31 heavy (non-hydrogen) atoms. The highest BCUT2D eigenvalue weighted by Gasteiger charge is 2.54. The summed E-state index contributed by atoms with van der Waals surface area (Å²) in [7, 11) is 0. The standard InChI is InChI=1S/C24H38F3N3O/c1-4-5-13-6-8-18-14(20(13)24(31)29-12(2)3)7-9-19(30-18)16-11-28-23-15(16)10-17(25)21(26)22(23)27/h4,12-23,28,30H,1,5-11H2,2-3H3,(H,29,31). The Kier molecular flexibility index (Phi) is 7.02. The van der Waals surface area contributed by atoms with Crippen LogP contribution in [-0.4, -0.2) is 55.1 Å². The number of hydrogen-bond acceptors (Lipinski definition) is 3. The quantitative estimate of drug-likeness (QED) is 0.573. The smallest absolute Gasteiger partial charge is 0.223 e. The van der Waals surface area contributed by atoms with Gasteiger partial charge in [0.2, 0.25) is 5.91 Å². The van der Waals surface area contributed by atoms with Gasteiger partial charge in [0.15, 0.2) is 6.17 Å². The third-order valence-electron chi connectivity index (χ3n) is 8.38. The van der Waals surface area contributed by atoms with E-state index in [9.17, 15) is 18.0 Å². The van der Waals surface area contributed by atoms with Gasteiger partial charge in [-0.3, -0.25) is 4.79 Å². The highest BCUT2D eigenvalue weighted by atomic mass is 19.2. The van der Waals surface area contributed by atoms with E-state index in [2.05, 4.69) is 22.5 Å². The lowest BCUT2D eigenvalue weighted by Gasteiger charge is -2.49. The van der Waals surface area contributed by atoms with Gasteiger partial charge in [-0.15, -0.1) is 6.58 Å². The molecular formula is C24H38F3N3O. The molecule has 2 saturated carbocycles. The molecule has 0 aromatic heterocycles. The summed E-state index contributed by atoms with van der Waals surface area (Å²) in [5.41, 5.74) is 0. The molecular weight excluding hydrogens is 403 g/mol. The molecule has 0 spiro atoms. The molecule has 3 N–H and O–H groups in total. The Bertz CT molecular complexity index is 662. The number of piperidine rings is 1. The molecule has 4 aliphatic rings. The van der Waals surface area contributed by atoms with Gasteiger partial charge in [0, 0.05) is 36.6 Å². The number of alkyl halides is 3. The predicted octanol–water partition coefficient (Wildman–Crippen LogP) is 3.47. The molecule has 11 unspecified atom stereocenters. The number of rotatable bonds is 5. The Labute approximate surface area is 184 Å². The number of nitrogens with one attached hydrogen (secondary N) is 3. The van der Waals surface area contributed by atoms with Gasteiger partial charge in [-0.2, -0.15) is 0 Å². The topological polar surface area (TPSA) is 53.2 Å².